The van der Waals surface area contributed by atoms with Gasteiger partial charge < -0.3 is 65.1 Å². The van der Waals surface area contributed by atoms with Crippen molar-refractivity contribution < 1.29 is 64.6 Å². The van der Waals surface area contributed by atoms with E-state index in [0.29, 0.717) is 6.42 Å². The Balaban J connectivity index is 1.66. The highest BCUT2D eigenvalue weighted by atomic mass is 16.7. The molecule has 12 unspecified atom stereocenters. The number of aliphatic hydroxyl groups excluding tert-OH is 8. The lowest BCUT2D eigenvalue weighted by molar-refractivity contribution is -0.359. The Morgan fingerprint density at radius 1 is 0.385 bits per heavy atom. The number of carbonyl (C=O) groups excluding carboxylic acids is 1. The zero-order valence-electron chi connectivity index (χ0n) is 59.5. The maximum absolute atomic E-state index is 13.3. The van der Waals surface area contributed by atoms with Gasteiger partial charge in [0.25, 0.3) is 0 Å². The molecular formula is C82H135NO13. The highest BCUT2D eigenvalue weighted by molar-refractivity contribution is 5.76. The van der Waals surface area contributed by atoms with Gasteiger partial charge in [-0.2, -0.15) is 0 Å². The molecule has 2 rings (SSSR count). The molecule has 2 saturated heterocycles. The van der Waals surface area contributed by atoms with E-state index >= 15 is 0 Å². The lowest BCUT2D eigenvalue weighted by Crippen LogP contribution is -2.65. The molecule has 14 heteroatoms. The fourth-order valence-corrected chi connectivity index (χ4v) is 11.3. The molecule has 0 saturated carbocycles. The summed E-state index contributed by atoms with van der Waals surface area (Å²) in [5.41, 5.74) is 0. The first kappa shape index (κ1) is 87.7. The van der Waals surface area contributed by atoms with Crippen LogP contribution in [-0.4, -0.2) is 140 Å². The summed E-state index contributed by atoms with van der Waals surface area (Å²) in [5.74, 6) is -0.268. The molecule has 0 radical (unpaired) electrons. The van der Waals surface area contributed by atoms with E-state index in [9.17, 15) is 45.6 Å². The predicted molar refractivity (Wildman–Crippen MR) is 396 cm³/mol. The number of nitrogens with one attached hydrogen (secondary N) is 1. The van der Waals surface area contributed by atoms with Crippen LogP contribution in [-0.2, 0) is 23.7 Å². The van der Waals surface area contributed by atoms with Gasteiger partial charge in [-0.25, -0.2) is 0 Å². The van der Waals surface area contributed by atoms with Crippen molar-refractivity contribution in [3.63, 3.8) is 0 Å². The van der Waals surface area contributed by atoms with Crippen LogP contribution in [0.2, 0.25) is 0 Å². The van der Waals surface area contributed by atoms with Crippen LogP contribution in [0.1, 0.15) is 258 Å². The highest BCUT2D eigenvalue weighted by Crippen LogP contribution is 2.30. The van der Waals surface area contributed by atoms with E-state index in [1.165, 1.54) is 109 Å². The molecular weight excluding hydrogens is 1210 g/mol. The Bertz CT molecular complexity index is 2220. The number of allylic oxidation sites excluding steroid dienone is 25. The van der Waals surface area contributed by atoms with E-state index < -0.39 is 86.8 Å². The van der Waals surface area contributed by atoms with Crippen LogP contribution < -0.4 is 5.32 Å². The topological polar surface area (TPSA) is 228 Å². The van der Waals surface area contributed by atoms with E-state index in [-0.39, 0.29) is 18.9 Å². The predicted octanol–water partition coefficient (Wildman–Crippen LogP) is 16.6. The maximum Gasteiger partial charge on any atom is 0.220 e. The summed E-state index contributed by atoms with van der Waals surface area (Å²) >= 11 is 0. The third-order valence-corrected chi connectivity index (χ3v) is 17.2. The van der Waals surface area contributed by atoms with Crippen molar-refractivity contribution >= 4 is 5.91 Å². The van der Waals surface area contributed by atoms with Gasteiger partial charge in [0.05, 0.1) is 32.0 Å². The highest BCUT2D eigenvalue weighted by Gasteiger charge is 2.51. The van der Waals surface area contributed by atoms with Crippen molar-refractivity contribution in [1.82, 2.24) is 5.32 Å². The number of rotatable bonds is 60. The molecule has 14 nitrogen and oxygen atoms in total. The second-order valence-corrected chi connectivity index (χ2v) is 25.7. The zero-order chi connectivity index (χ0) is 69.4. The van der Waals surface area contributed by atoms with Gasteiger partial charge in [-0.3, -0.25) is 4.79 Å². The van der Waals surface area contributed by atoms with E-state index in [0.717, 1.165) is 122 Å². The molecule has 546 valence electrons. The monoisotopic (exact) mass is 1340 g/mol. The van der Waals surface area contributed by atoms with Gasteiger partial charge in [0.1, 0.15) is 48.8 Å². The van der Waals surface area contributed by atoms with Crippen molar-refractivity contribution in [2.75, 3.05) is 19.8 Å². The molecule has 2 aliphatic rings. The number of ether oxygens (including phenoxy) is 4. The Kier molecular flexibility index (Phi) is 58.5. The first-order chi connectivity index (χ1) is 47.1. The van der Waals surface area contributed by atoms with Gasteiger partial charge in [0.2, 0.25) is 5.91 Å². The van der Waals surface area contributed by atoms with Gasteiger partial charge >= 0.3 is 0 Å². The van der Waals surface area contributed by atoms with Crippen LogP contribution in [0.15, 0.2) is 158 Å². The average Bonchev–Trinajstić information content (AvgIpc) is 0.807. The smallest absolute Gasteiger partial charge is 0.220 e. The second kappa shape index (κ2) is 64.0. The van der Waals surface area contributed by atoms with E-state index in [1.54, 1.807) is 6.08 Å². The summed E-state index contributed by atoms with van der Waals surface area (Å²) in [7, 11) is 0. The van der Waals surface area contributed by atoms with Crippen LogP contribution in [0.5, 0.6) is 0 Å². The molecule has 0 aromatic carbocycles. The van der Waals surface area contributed by atoms with Crippen LogP contribution in [0.4, 0.5) is 0 Å². The van der Waals surface area contributed by atoms with Crippen molar-refractivity contribution in [3.05, 3.63) is 158 Å². The molecule has 2 fully saturated rings. The molecule has 0 spiro atoms. The quantitative estimate of drug-likeness (QED) is 0.0204. The summed E-state index contributed by atoms with van der Waals surface area (Å²) in [4.78, 5) is 13.3. The number of carbonyl (C=O) groups is 1. The van der Waals surface area contributed by atoms with Gasteiger partial charge in [0, 0.05) is 6.42 Å². The Hall–Kier alpha value is -4.39. The summed E-state index contributed by atoms with van der Waals surface area (Å²) in [6, 6.07) is -0.941. The van der Waals surface area contributed by atoms with E-state index in [4.69, 9.17) is 18.9 Å². The molecule has 0 bridgehead atoms. The van der Waals surface area contributed by atoms with Crippen LogP contribution in [0, 0.1) is 0 Å². The summed E-state index contributed by atoms with van der Waals surface area (Å²) in [6.07, 6.45) is 81.5. The third-order valence-electron chi connectivity index (χ3n) is 17.2. The number of hydrogen-bond acceptors (Lipinski definition) is 13. The zero-order valence-corrected chi connectivity index (χ0v) is 59.5. The minimum Gasteiger partial charge on any atom is -0.394 e. The van der Waals surface area contributed by atoms with Crippen molar-refractivity contribution in [2.45, 2.75) is 331 Å². The fourth-order valence-electron chi connectivity index (χ4n) is 11.3. The third kappa shape index (κ3) is 46.8. The van der Waals surface area contributed by atoms with Crippen molar-refractivity contribution in [2.24, 2.45) is 0 Å². The molecule has 2 aliphatic heterocycles. The SMILES string of the molecule is CC/C=C\C/C=C\C/C=C\C/C=C\C/C=C\C/C=C\C/C=C\C/C=C\C/C=C\C/C=C\C/C=C\C/C=C\CCCCCCC(=O)NC(COC1OC(CO)C(OC2OC(CO)C(O)C(O)C2O)C(O)C1O)C(O)/C=C/CCCCCCCCCCCCCCCCCCCCC. The molecule has 9 N–H and O–H groups in total. The number of amides is 1. The summed E-state index contributed by atoms with van der Waals surface area (Å²) in [6.45, 7) is 2.67. The van der Waals surface area contributed by atoms with Gasteiger partial charge in [-0.1, -0.05) is 300 Å². The fraction of sp³-hybridized carbons (Fsp3) is 0.671. The molecule has 12 atom stereocenters. The maximum atomic E-state index is 13.3. The van der Waals surface area contributed by atoms with Gasteiger partial charge in [0.15, 0.2) is 12.6 Å². The largest absolute Gasteiger partial charge is 0.394 e. The number of unbranched alkanes of at least 4 members (excludes halogenated alkanes) is 23. The van der Waals surface area contributed by atoms with E-state index in [2.05, 4.69) is 165 Å². The van der Waals surface area contributed by atoms with Crippen molar-refractivity contribution in [3.8, 4) is 0 Å². The normalized spacial score (nSPS) is 23.2. The molecule has 0 aliphatic carbocycles. The lowest BCUT2D eigenvalue weighted by atomic mass is 9.97. The summed E-state index contributed by atoms with van der Waals surface area (Å²) < 4.78 is 22.8. The molecule has 0 aromatic rings. The first-order valence-corrected chi connectivity index (χ1v) is 37.7. The Morgan fingerprint density at radius 3 is 1.10 bits per heavy atom. The lowest BCUT2D eigenvalue weighted by Gasteiger charge is -2.46. The van der Waals surface area contributed by atoms with Crippen LogP contribution >= 0.6 is 0 Å². The van der Waals surface area contributed by atoms with Crippen LogP contribution in [0.3, 0.4) is 0 Å². The minimum absolute atomic E-state index is 0.242. The molecule has 1 amide bonds. The van der Waals surface area contributed by atoms with Crippen molar-refractivity contribution in [1.29, 1.82) is 0 Å². The standard InChI is InChI=1S/C82H135NO13/c1-3-5-7-9-11-13-15-17-19-21-23-25-26-27-28-29-30-31-32-33-34-35-36-37-38-39-40-41-42-43-44-46-48-50-52-54-56-58-60-62-64-66-74(87)83-70(71(86)65-63-61-59-57-55-53-51-49-47-45-24-22-20-18-16-14-12-10-8-6-4-2)69-93-81-79(92)77(90)80(73(68-85)95-81)96-82-78(91)76(89)75(88)72(67-84)94-82/h5,7,11,13,17,19,23,25,27-28,30-31,33-34,36-37,39-40,42-43,46,48,52,54,63,65,70-73,75-82,84-86,88-92H,3-4,6,8-10,12,14-16,18,20-22,24,26,29,32,35,38,41,44-45,47,49-51,53,55-62,64,66-69H2,1-2H3,(H,83,87)/b7-5-,13-11-,19-17-,25-23-,28-27-,31-30-,34-33-,37-36-,40-39-,43-42-,48-46-,54-52-,65-63+. The molecule has 0 aromatic heterocycles. The minimum atomic E-state index is -1.80. The average molecular weight is 1340 g/mol. The Labute approximate surface area is 582 Å². The van der Waals surface area contributed by atoms with Crippen LogP contribution in [0.25, 0.3) is 0 Å². The Morgan fingerprint density at radius 2 is 0.719 bits per heavy atom. The molecule has 96 heavy (non-hydrogen) atoms. The number of aliphatic hydroxyl groups is 8. The van der Waals surface area contributed by atoms with Gasteiger partial charge in [-0.15, -0.1) is 0 Å². The van der Waals surface area contributed by atoms with Gasteiger partial charge in [-0.05, 0) is 109 Å². The summed E-state index contributed by atoms with van der Waals surface area (Å²) in [5, 5.41) is 87.5. The number of hydrogen-bond donors (Lipinski definition) is 9. The van der Waals surface area contributed by atoms with E-state index in [1.807, 2.05) is 6.08 Å². The molecule has 2 heterocycles. The second-order valence-electron chi connectivity index (χ2n) is 25.7. The first-order valence-electron chi connectivity index (χ1n) is 37.7.